The first kappa shape index (κ1) is 5.64. The van der Waals surface area contributed by atoms with Crippen molar-refractivity contribution >= 4 is 30.1 Å². The van der Waals surface area contributed by atoms with E-state index in [1.165, 1.54) is 0 Å². The standard InChI is InChI=1S/C2HNO3S2/c4-1(7)3-5-2(8)6-3/h(H,4,7). The Balaban J connectivity index is 2.88. The third-order valence-electron chi connectivity index (χ3n) is 0.471. The summed E-state index contributed by atoms with van der Waals surface area (Å²) in [6.07, 6.45) is 0. The Morgan fingerprint density at radius 3 is 2.38 bits per heavy atom. The van der Waals surface area contributed by atoms with Gasteiger partial charge in [0, 0.05) is 17.1 Å². The quantitative estimate of drug-likeness (QED) is 0.448. The molecule has 0 N–H and O–H groups in total. The van der Waals surface area contributed by atoms with E-state index in [2.05, 4.69) is 33.9 Å². The van der Waals surface area contributed by atoms with Gasteiger partial charge in [-0.05, 0) is 0 Å². The number of hydrogen-bond donors (Lipinski definition) is 1. The predicted octanol–water partition coefficient (Wildman–Crippen LogP) is 1.30. The molecule has 0 fully saturated rings. The highest BCUT2D eigenvalue weighted by Crippen LogP contribution is 1.97. The van der Waals surface area contributed by atoms with Gasteiger partial charge in [-0.2, -0.15) is 0 Å². The Morgan fingerprint density at radius 2 is 2.25 bits per heavy atom. The van der Waals surface area contributed by atoms with Crippen molar-refractivity contribution < 1.29 is 13.8 Å². The molecule has 0 spiro atoms. The van der Waals surface area contributed by atoms with Crippen LogP contribution >= 0.6 is 24.8 Å². The number of nitrogens with zero attached hydrogens (tertiary/aromatic N) is 1. The van der Waals surface area contributed by atoms with E-state index in [9.17, 15) is 4.79 Å². The molecule has 6 heteroatoms. The van der Waals surface area contributed by atoms with Gasteiger partial charge in [-0.15, -0.1) is 0 Å². The van der Waals surface area contributed by atoms with Gasteiger partial charge in [0.15, 0.2) is 0 Å². The van der Waals surface area contributed by atoms with E-state index in [0.29, 0.717) is 4.91 Å². The van der Waals surface area contributed by atoms with Gasteiger partial charge in [0.1, 0.15) is 0 Å². The maximum absolute atomic E-state index is 10.1. The monoisotopic (exact) mass is 151 g/mol. The van der Waals surface area contributed by atoms with Crippen molar-refractivity contribution in [2.75, 3.05) is 0 Å². The second kappa shape index (κ2) is 1.79. The maximum atomic E-state index is 10.1. The van der Waals surface area contributed by atoms with Crippen LogP contribution in [0.4, 0.5) is 4.79 Å². The summed E-state index contributed by atoms with van der Waals surface area (Å²) in [5.41, 5.74) is 0. The lowest BCUT2D eigenvalue weighted by Gasteiger charge is -1.95. The molecule has 1 rings (SSSR count). The van der Waals surface area contributed by atoms with Gasteiger partial charge in [-0.3, -0.25) is 13.8 Å². The number of carbonyl (C=O) groups is 1. The van der Waals surface area contributed by atoms with Gasteiger partial charge in [-0.25, -0.2) is 0 Å². The van der Waals surface area contributed by atoms with E-state index in [-0.39, 0.29) is 4.90 Å². The molecule has 0 aliphatic carbocycles. The summed E-state index contributed by atoms with van der Waals surface area (Å²) in [4.78, 5) is 10.6. The summed E-state index contributed by atoms with van der Waals surface area (Å²) in [7, 11) is 0. The molecule has 8 heavy (non-hydrogen) atoms. The molecular weight excluding hydrogens is 150 g/mol. The smallest absolute Gasteiger partial charge is 0.288 e. The van der Waals surface area contributed by atoms with Gasteiger partial charge in [0.25, 0.3) is 0 Å². The van der Waals surface area contributed by atoms with Crippen molar-refractivity contribution in [3.8, 4) is 0 Å². The van der Waals surface area contributed by atoms with E-state index < -0.39 is 5.24 Å². The van der Waals surface area contributed by atoms with Crippen LogP contribution in [0.15, 0.2) is 9.05 Å². The first-order valence-electron chi connectivity index (χ1n) is 1.63. The molecule has 1 aromatic rings. The van der Waals surface area contributed by atoms with Crippen molar-refractivity contribution in [1.82, 2.24) is 4.91 Å². The second-order valence-corrected chi connectivity index (χ2v) is 1.69. The summed E-state index contributed by atoms with van der Waals surface area (Å²) in [6, 6.07) is 0. The molecular formula is C2HNO3S2. The fraction of sp³-hybridized carbons (Fsp3) is 0. The molecule has 44 valence electrons. The van der Waals surface area contributed by atoms with Gasteiger partial charge in [0.2, 0.25) is 0 Å². The molecule has 4 nitrogen and oxygen atoms in total. The maximum Gasteiger partial charge on any atom is 0.409 e. The fourth-order valence-electron chi connectivity index (χ4n) is 0.220. The van der Waals surface area contributed by atoms with E-state index in [1.807, 2.05) is 0 Å². The minimum absolute atomic E-state index is 0.0626. The summed E-state index contributed by atoms with van der Waals surface area (Å²) in [6.45, 7) is 0. The van der Waals surface area contributed by atoms with E-state index in [0.717, 1.165) is 0 Å². The average Bonchev–Trinajstić information content (AvgIpc) is 1.57. The van der Waals surface area contributed by atoms with Crippen LogP contribution in [0, 0.1) is 4.90 Å². The largest absolute Gasteiger partial charge is 0.409 e. The number of aromatic nitrogens is 1. The Kier molecular flexibility index (Phi) is 1.26. The molecule has 0 bridgehead atoms. The van der Waals surface area contributed by atoms with Crippen LogP contribution in [0.2, 0.25) is 0 Å². The molecule has 0 aromatic carbocycles. The summed E-state index contributed by atoms with van der Waals surface area (Å²) in [5.74, 6) is 0. The third-order valence-corrected chi connectivity index (χ3v) is 0.783. The van der Waals surface area contributed by atoms with Crippen LogP contribution in [-0.4, -0.2) is 10.2 Å². The van der Waals surface area contributed by atoms with Crippen LogP contribution < -0.4 is 0 Å². The highest BCUT2D eigenvalue weighted by atomic mass is 32.1. The molecule has 0 amide bonds. The Bertz CT molecular complexity index is 227. The van der Waals surface area contributed by atoms with E-state index >= 15 is 0 Å². The Hall–Kier alpha value is -0.490. The SMILES string of the molecule is O=C(S)n1oc(=S)o1. The number of rotatable bonds is 0. The van der Waals surface area contributed by atoms with Crippen molar-refractivity contribution in [3.05, 3.63) is 4.90 Å². The van der Waals surface area contributed by atoms with Crippen LogP contribution in [0.5, 0.6) is 0 Å². The van der Waals surface area contributed by atoms with Crippen LogP contribution in [0.25, 0.3) is 0 Å². The predicted molar refractivity (Wildman–Crippen MR) is 29.6 cm³/mol. The summed E-state index contributed by atoms with van der Waals surface area (Å²) in [5, 5.41) is -0.626. The van der Waals surface area contributed by atoms with Crippen molar-refractivity contribution in [2.24, 2.45) is 0 Å². The van der Waals surface area contributed by atoms with Crippen molar-refractivity contribution in [1.29, 1.82) is 0 Å². The normalized spacial score (nSPS) is 9.62. The van der Waals surface area contributed by atoms with Gasteiger partial charge < -0.3 is 0 Å². The number of thiol groups is 1. The zero-order valence-electron chi connectivity index (χ0n) is 3.53. The van der Waals surface area contributed by atoms with Gasteiger partial charge in [0.05, 0.1) is 0 Å². The molecule has 0 aliphatic rings. The van der Waals surface area contributed by atoms with Crippen LogP contribution in [-0.2, 0) is 0 Å². The zero-order chi connectivity index (χ0) is 6.15. The molecule has 1 aromatic heterocycles. The van der Waals surface area contributed by atoms with Crippen molar-refractivity contribution in [3.63, 3.8) is 0 Å². The lowest BCUT2D eigenvalue weighted by atomic mass is 11.4. The first-order chi connectivity index (χ1) is 3.70. The summed E-state index contributed by atoms with van der Waals surface area (Å²) >= 11 is 7.65. The molecule has 1 heterocycles. The minimum atomic E-state index is -0.626. The lowest BCUT2D eigenvalue weighted by Crippen LogP contribution is -2.04. The van der Waals surface area contributed by atoms with Gasteiger partial charge in [-0.1, -0.05) is 12.6 Å². The Morgan fingerprint density at radius 1 is 1.75 bits per heavy atom. The highest BCUT2D eigenvalue weighted by molar-refractivity contribution is 7.96. The van der Waals surface area contributed by atoms with E-state index in [4.69, 9.17) is 0 Å². The van der Waals surface area contributed by atoms with Gasteiger partial charge >= 0.3 is 10.1 Å². The zero-order valence-corrected chi connectivity index (χ0v) is 5.24. The van der Waals surface area contributed by atoms with Crippen LogP contribution in [0.1, 0.15) is 0 Å². The number of hydrogen-bond acceptors (Lipinski definition) is 4. The highest BCUT2D eigenvalue weighted by Gasteiger charge is 2.03. The van der Waals surface area contributed by atoms with E-state index in [1.54, 1.807) is 0 Å². The second-order valence-electron chi connectivity index (χ2n) is 0.972. The molecule has 0 unspecified atom stereocenters. The third kappa shape index (κ3) is 0.846. The number of carbonyl (C=O) groups excluding carboxylic acids is 1. The summed E-state index contributed by atoms with van der Waals surface area (Å²) < 4.78 is 8.63. The molecule has 0 radical (unpaired) electrons. The van der Waals surface area contributed by atoms with Crippen molar-refractivity contribution in [2.45, 2.75) is 0 Å². The molecule has 0 saturated carbocycles. The lowest BCUT2D eigenvalue weighted by molar-refractivity contribution is -0.0196. The minimum Gasteiger partial charge on any atom is -0.288 e. The van der Waals surface area contributed by atoms with Crippen LogP contribution in [0.3, 0.4) is 0 Å². The molecule has 0 saturated heterocycles. The Labute approximate surface area is 54.4 Å². The molecule has 0 aliphatic heterocycles. The first-order valence-corrected chi connectivity index (χ1v) is 2.48. The topological polar surface area (TPSA) is 48.3 Å². The molecule has 0 atom stereocenters. The average molecular weight is 151 g/mol. The fourth-order valence-corrected chi connectivity index (χ4v) is 0.437.